The van der Waals surface area contributed by atoms with Crippen molar-refractivity contribution >= 4 is 22.1 Å². The summed E-state index contributed by atoms with van der Waals surface area (Å²) in [6.45, 7) is 2.27. The predicted octanol–water partition coefficient (Wildman–Crippen LogP) is 2.03. The predicted molar refractivity (Wildman–Crippen MR) is 121 cm³/mol. The number of aromatic carboxylic acids is 2. The van der Waals surface area contributed by atoms with E-state index in [0.29, 0.717) is 6.26 Å². The van der Waals surface area contributed by atoms with Crippen molar-refractivity contribution in [2.75, 3.05) is 6.26 Å². The minimum Gasteiger partial charge on any atom is -0.748 e. The molecule has 0 aliphatic carbocycles. The highest BCUT2D eigenvalue weighted by molar-refractivity contribution is 7.84. The van der Waals surface area contributed by atoms with Gasteiger partial charge in [0.2, 0.25) is 0 Å². The Hall–Kier alpha value is -3.53. The van der Waals surface area contributed by atoms with E-state index in [0.717, 1.165) is 30.8 Å². The van der Waals surface area contributed by atoms with E-state index in [2.05, 4.69) is 12.1 Å². The zero-order valence-corrected chi connectivity index (χ0v) is 18.8. The van der Waals surface area contributed by atoms with Gasteiger partial charge in [0, 0.05) is 22.9 Å². The van der Waals surface area contributed by atoms with Crippen molar-refractivity contribution in [2.45, 2.75) is 19.6 Å². The van der Waals surface area contributed by atoms with Gasteiger partial charge in [-0.25, -0.2) is 18.0 Å². The standard InChI is InChI=1S/C23H21NO4.CH4O3S/c25-22(26)20-10-6-18(7-11-20)15-24(14-17-4-2-1-3-5-17)16-19-8-12-21(13-9-19)23(27)28;1-5(2,3)4/h1-13H,14-16H2,(H,25,26)(H,27,28);1H3,(H,2,3,4). The molecule has 0 saturated heterocycles. The van der Waals surface area contributed by atoms with Gasteiger partial charge in [0.1, 0.15) is 19.6 Å². The Bertz CT molecular complexity index is 1090. The molecule has 0 bridgehead atoms. The molecular formula is C24H25NO7S. The maximum Gasteiger partial charge on any atom is 0.335 e. The molecule has 174 valence electrons. The number of hydrogen-bond donors (Lipinski definition) is 3. The van der Waals surface area contributed by atoms with Crippen molar-refractivity contribution in [3.8, 4) is 0 Å². The fourth-order valence-electron chi connectivity index (χ4n) is 3.18. The Morgan fingerprint density at radius 1 is 0.697 bits per heavy atom. The average Bonchev–Trinajstić information content (AvgIpc) is 2.74. The molecule has 0 radical (unpaired) electrons. The second kappa shape index (κ2) is 11.9. The van der Waals surface area contributed by atoms with E-state index in [1.807, 2.05) is 42.5 Å². The summed E-state index contributed by atoms with van der Waals surface area (Å²) in [5.41, 5.74) is 3.87. The number of carboxylic acid groups (broad SMARTS) is 2. The van der Waals surface area contributed by atoms with Gasteiger partial charge in [-0.2, -0.15) is 0 Å². The third-order valence-electron chi connectivity index (χ3n) is 4.61. The van der Waals surface area contributed by atoms with Crippen molar-refractivity contribution in [2.24, 2.45) is 0 Å². The summed E-state index contributed by atoms with van der Waals surface area (Å²) in [6, 6.07) is 24.1. The van der Waals surface area contributed by atoms with E-state index in [1.165, 1.54) is 10.5 Å². The normalized spacial score (nSPS) is 10.9. The molecular weight excluding hydrogens is 446 g/mol. The van der Waals surface area contributed by atoms with Crippen LogP contribution < -0.4 is 4.90 Å². The van der Waals surface area contributed by atoms with E-state index in [9.17, 15) is 9.59 Å². The Morgan fingerprint density at radius 3 is 1.30 bits per heavy atom. The Morgan fingerprint density at radius 2 is 1.00 bits per heavy atom. The van der Waals surface area contributed by atoms with Crippen LogP contribution in [0.25, 0.3) is 0 Å². The van der Waals surface area contributed by atoms with E-state index < -0.39 is 22.1 Å². The molecule has 8 nitrogen and oxygen atoms in total. The largest absolute Gasteiger partial charge is 0.748 e. The van der Waals surface area contributed by atoms with Gasteiger partial charge in [-0.15, -0.1) is 0 Å². The molecule has 3 rings (SSSR count). The molecule has 0 aliphatic rings. The molecule has 0 unspecified atom stereocenters. The van der Waals surface area contributed by atoms with E-state index in [4.69, 9.17) is 23.2 Å². The molecule has 3 aromatic rings. The third-order valence-corrected chi connectivity index (χ3v) is 4.61. The number of hydrogen-bond acceptors (Lipinski definition) is 5. The van der Waals surface area contributed by atoms with Crippen LogP contribution in [0.15, 0.2) is 78.9 Å². The zero-order valence-electron chi connectivity index (χ0n) is 18.0. The SMILES string of the molecule is CS(=O)(=O)[O-].O=C(O)c1ccc(C[NH+](Cc2ccccc2)Cc2ccc(C(=O)O)cc2)cc1. The highest BCUT2D eigenvalue weighted by atomic mass is 32.2. The highest BCUT2D eigenvalue weighted by Crippen LogP contribution is 2.06. The maximum atomic E-state index is 11.0. The molecule has 0 aromatic heterocycles. The maximum absolute atomic E-state index is 11.0. The summed E-state index contributed by atoms with van der Waals surface area (Å²) in [6.07, 6.45) is 0.604. The Labute approximate surface area is 192 Å². The van der Waals surface area contributed by atoms with Gasteiger partial charge in [-0.3, -0.25) is 0 Å². The smallest absolute Gasteiger partial charge is 0.335 e. The molecule has 0 saturated carbocycles. The molecule has 0 aliphatic heterocycles. The minimum atomic E-state index is -3.92. The number of carboxylic acids is 2. The average molecular weight is 472 g/mol. The summed E-state index contributed by atoms with van der Waals surface area (Å²) in [7, 11) is -3.92. The molecule has 3 aromatic carbocycles. The fourth-order valence-corrected chi connectivity index (χ4v) is 3.18. The first kappa shape index (κ1) is 25.7. The van der Waals surface area contributed by atoms with Gasteiger partial charge in [0.05, 0.1) is 21.2 Å². The number of rotatable bonds is 8. The van der Waals surface area contributed by atoms with E-state index >= 15 is 0 Å². The van der Waals surface area contributed by atoms with Gasteiger partial charge in [0.15, 0.2) is 0 Å². The first-order valence-corrected chi connectivity index (χ1v) is 11.8. The van der Waals surface area contributed by atoms with Crippen LogP contribution in [0.4, 0.5) is 0 Å². The first-order valence-electron chi connectivity index (χ1n) is 9.94. The molecule has 33 heavy (non-hydrogen) atoms. The Balaban J connectivity index is 0.000000696. The quantitative estimate of drug-likeness (QED) is 0.428. The summed E-state index contributed by atoms with van der Waals surface area (Å²) >= 11 is 0. The number of carbonyl (C=O) groups is 2. The monoisotopic (exact) mass is 471 g/mol. The van der Waals surface area contributed by atoms with Crippen LogP contribution in [0.5, 0.6) is 0 Å². The van der Waals surface area contributed by atoms with Gasteiger partial charge in [-0.1, -0.05) is 54.6 Å². The lowest BCUT2D eigenvalue weighted by Crippen LogP contribution is -3.08. The Kier molecular flexibility index (Phi) is 9.29. The minimum absolute atomic E-state index is 0.276. The zero-order chi connectivity index (χ0) is 24.4. The van der Waals surface area contributed by atoms with Crippen LogP contribution in [-0.2, 0) is 29.8 Å². The summed E-state index contributed by atoms with van der Waals surface area (Å²) < 4.78 is 27.2. The lowest BCUT2D eigenvalue weighted by atomic mass is 10.1. The number of benzene rings is 3. The van der Waals surface area contributed by atoms with Crippen molar-refractivity contribution in [1.29, 1.82) is 0 Å². The van der Waals surface area contributed by atoms with Gasteiger partial charge in [0.25, 0.3) is 0 Å². The molecule has 0 fully saturated rings. The van der Waals surface area contributed by atoms with Crippen molar-refractivity contribution in [1.82, 2.24) is 0 Å². The van der Waals surface area contributed by atoms with Crippen LogP contribution in [0.1, 0.15) is 37.4 Å². The van der Waals surface area contributed by atoms with Crippen molar-refractivity contribution in [3.05, 3.63) is 107 Å². The van der Waals surface area contributed by atoms with Crippen molar-refractivity contribution in [3.63, 3.8) is 0 Å². The van der Waals surface area contributed by atoms with Crippen LogP contribution in [0.3, 0.4) is 0 Å². The van der Waals surface area contributed by atoms with Crippen LogP contribution in [0, 0.1) is 0 Å². The van der Waals surface area contributed by atoms with Crippen molar-refractivity contribution < 1.29 is 37.7 Å². The number of nitrogens with one attached hydrogen (secondary N) is 1. The first-order chi connectivity index (χ1) is 15.5. The van der Waals surface area contributed by atoms with Gasteiger partial charge >= 0.3 is 11.9 Å². The molecule has 0 amide bonds. The molecule has 9 heteroatoms. The lowest BCUT2D eigenvalue weighted by molar-refractivity contribution is -0.941. The van der Waals surface area contributed by atoms with E-state index in [1.54, 1.807) is 24.3 Å². The fraction of sp³-hybridized carbons (Fsp3) is 0.167. The summed E-state index contributed by atoms with van der Waals surface area (Å²) in [5, 5.41) is 18.1. The number of quaternary nitrogens is 1. The third kappa shape index (κ3) is 10.1. The summed E-state index contributed by atoms with van der Waals surface area (Å²) in [4.78, 5) is 23.4. The highest BCUT2D eigenvalue weighted by Gasteiger charge is 2.13. The van der Waals surface area contributed by atoms with E-state index in [-0.39, 0.29) is 11.1 Å². The van der Waals surface area contributed by atoms with Gasteiger partial charge < -0.3 is 19.7 Å². The van der Waals surface area contributed by atoms with Crippen LogP contribution >= 0.6 is 0 Å². The lowest BCUT2D eigenvalue weighted by Gasteiger charge is -2.20. The van der Waals surface area contributed by atoms with Crippen LogP contribution in [-0.4, -0.2) is 41.4 Å². The molecule has 0 atom stereocenters. The van der Waals surface area contributed by atoms with Gasteiger partial charge in [-0.05, 0) is 24.3 Å². The second-order valence-electron chi connectivity index (χ2n) is 7.47. The van der Waals surface area contributed by atoms with Crippen LogP contribution in [0.2, 0.25) is 0 Å². The molecule has 3 N–H and O–H groups in total. The molecule has 0 spiro atoms. The topological polar surface area (TPSA) is 136 Å². The summed E-state index contributed by atoms with van der Waals surface area (Å²) in [5.74, 6) is -1.86. The molecule has 0 heterocycles. The second-order valence-corrected chi connectivity index (χ2v) is 8.88.